The minimum atomic E-state index is -4.95. The lowest BCUT2D eigenvalue weighted by atomic mass is 10.00. The van der Waals surface area contributed by atoms with Gasteiger partial charge in [-0.3, -0.25) is 37.3 Å². The molecular weight excluding hydrogens is 1170 g/mol. The van der Waals surface area contributed by atoms with Crippen LogP contribution < -0.4 is 0 Å². The van der Waals surface area contributed by atoms with Gasteiger partial charge in [0.05, 0.1) is 26.4 Å². The average Bonchev–Trinajstić information content (AvgIpc) is 3.70. The first-order chi connectivity index (χ1) is 42.6. The van der Waals surface area contributed by atoms with Crippen LogP contribution in [0.3, 0.4) is 0 Å². The van der Waals surface area contributed by atoms with Gasteiger partial charge < -0.3 is 33.8 Å². The number of ether oxygens (including phenoxy) is 4. The highest BCUT2D eigenvalue weighted by molar-refractivity contribution is 7.47. The summed E-state index contributed by atoms with van der Waals surface area (Å²) in [5, 5.41) is 10.6. The molecule has 3 unspecified atom stereocenters. The van der Waals surface area contributed by atoms with Gasteiger partial charge in [-0.05, 0) is 49.4 Å². The van der Waals surface area contributed by atoms with Gasteiger partial charge in [0.25, 0.3) is 0 Å². The fourth-order valence-corrected chi connectivity index (χ4v) is 12.0. The molecule has 0 radical (unpaired) electrons. The molecule has 528 valence electrons. The van der Waals surface area contributed by atoms with Crippen molar-refractivity contribution in [2.75, 3.05) is 39.6 Å². The number of phosphoric acid groups is 2. The highest BCUT2D eigenvalue weighted by Crippen LogP contribution is 2.45. The van der Waals surface area contributed by atoms with Crippen LogP contribution in [-0.4, -0.2) is 96.7 Å². The van der Waals surface area contributed by atoms with Crippen molar-refractivity contribution in [3.8, 4) is 0 Å². The van der Waals surface area contributed by atoms with Gasteiger partial charge in [0, 0.05) is 25.7 Å². The van der Waals surface area contributed by atoms with E-state index in [1.165, 1.54) is 141 Å². The van der Waals surface area contributed by atoms with E-state index in [1.807, 2.05) is 0 Å². The Kier molecular flexibility index (Phi) is 58.5. The molecule has 0 aliphatic heterocycles. The Hall–Kier alpha value is -1.94. The molecule has 17 nitrogen and oxygen atoms in total. The van der Waals surface area contributed by atoms with Gasteiger partial charge in [-0.2, -0.15) is 0 Å². The van der Waals surface area contributed by atoms with Crippen molar-refractivity contribution in [1.82, 2.24) is 0 Å². The van der Waals surface area contributed by atoms with E-state index in [9.17, 15) is 43.2 Å². The second kappa shape index (κ2) is 59.8. The molecule has 0 rings (SSSR count). The molecule has 0 aromatic heterocycles. The SMILES string of the molecule is CCC(C)CCCCCCCCC(=O)OC[C@H](COP(=O)(O)OC[C@H](O)COP(=O)(O)OC[C@@H](COC(=O)CCCCCCCCCCCCCC(C)C)OC(=O)CCCCCCCCCCCCC(C)C)OC(=O)CCCCCCCCCCCC(C)C. The Balaban J connectivity index is 5.27. The lowest BCUT2D eigenvalue weighted by molar-refractivity contribution is -0.161. The molecule has 0 aromatic carbocycles. The van der Waals surface area contributed by atoms with Crippen molar-refractivity contribution in [3.05, 3.63) is 0 Å². The van der Waals surface area contributed by atoms with Crippen LogP contribution >= 0.6 is 15.6 Å². The van der Waals surface area contributed by atoms with Crippen LogP contribution in [-0.2, 0) is 65.4 Å². The summed E-state index contributed by atoms with van der Waals surface area (Å²) in [6, 6.07) is 0. The lowest BCUT2D eigenvalue weighted by Gasteiger charge is -2.21. The van der Waals surface area contributed by atoms with Crippen LogP contribution in [0.5, 0.6) is 0 Å². The number of esters is 4. The number of unbranched alkanes of at least 4 members (excludes halogenated alkanes) is 32. The predicted molar refractivity (Wildman–Crippen MR) is 358 cm³/mol. The molecular formula is C70H136O17P2. The molecule has 0 fully saturated rings. The first-order valence-electron chi connectivity index (χ1n) is 36.2. The number of carbonyl (C=O) groups is 4. The van der Waals surface area contributed by atoms with Crippen molar-refractivity contribution < 1.29 is 80.2 Å². The van der Waals surface area contributed by atoms with Crippen LogP contribution in [0.25, 0.3) is 0 Å². The molecule has 19 heteroatoms. The van der Waals surface area contributed by atoms with Gasteiger partial charge in [0.15, 0.2) is 12.2 Å². The maximum Gasteiger partial charge on any atom is 0.472 e. The zero-order valence-electron chi connectivity index (χ0n) is 58.1. The monoisotopic (exact) mass is 1310 g/mol. The molecule has 0 aliphatic rings. The van der Waals surface area contributed by atoms with Crippen molar-refractivity contribution in [2.45, 2.75) is 363 Å². The summed E-state index contributed by atoms with van der Waals surface area (Å²) in [7, 11) is -9.90. The highest BCUT2D eigenvalue weighted by atomic mass is 31.2. The van der Waals surface area contributed by atoms with Crippen LogP contribution in [0.15, 0.2) is 0 Å². The van der Waals surface area contributed by atoms with E-state index >= 15 is 0 Å². The fourth-order valence-electron chi connectivity index (χ4n) is 10.5. The van der Waals surface area contributed by atoms with E-state index in [1.54, 1.807) is 0 Å². The number of rotatable bonds is 67. The van der Waals surface area contributed by atoms with Gasteiger partial charge in [-0.25, -0.2) is 9.13 Å². The van der Waals surface area contributed by atoms with Crippen molar-refractivity contribution in [3.63, 3.8) is 0 Å². The number of hydrogen-bond acceptors (Lipinski definition) is 15. The molecule has 0 saturated carbocycles. The third-order valence-corrected chi connectivity index (χ3v) is 18.3. The third kappa shape index (κ3) is 63.2. The largest absolute Gasteiger partial charge is 0.472 e. The Morgan fingerprint density at radius 1 is 0.315 bits per heavy atom. The van der Waals surface area contributed by atoms with Gasteiger partial charge >= 0.3 is 39.5 Å². The van der Waals surface area contributed by atoms with E-state index in [2.05, 4.69) is 55.4 Å². The van der Waals surface area contributed by atoms with Crippen LogP contribution in [0.4, 0.5) is 0 Å². The zero-order valence-corrected chi connectivity index (χ0v) is 59.8. The minimum Gasteiger partial charge on any atom is -0.462 e. The molecule has 0 bridgehead atoms. The number of aliphatic hydroxyl groups is 1. The Labute approximate surface area is 543 Å². The fraction of sp³-hybridized carbons (Fsp3) is 0.943. The smallest absolute Gasteiger partial charge is 0.462 e. The first-order valence-corrected chi connectivity index (χ1v) is 39.2. The number of carbonyl (C=O) groups excluding carboxylic acids is 4. The molecule has 0 saturated heterocycles. The second-order valence-electron chi connectivity index (χ2n) is 26.9. The molecule has 6 atom stereocenters. The minimum absolute atomic E-state index is 0.104. The summed E-state index contributed by atoms with van der Waals surface area (Å²) >= 11 is 0. The normalized spacial score (nSPS) is 14.6. The standard InChI is InChI=1S/C70H136O17P2/c1-9-63(8)49-41-33-28-29-35-43-51-68(73)81-57-66(87-70(75)53-45-37-27-21-15-18-24-32-40-48-62(6)7)59-85-89(78,79)83-55-64(71)54-82-88(76,77)84-58-65(86-69(74)52-44-36-26-20-14-13-17-23-31-39-47-61(4)5)56-80-67(72)50-42-34-25-19-12-10-11-16-22-30-38-46-60(2)3/h60-66,71H,9-59H2,1-8H3,(H,76,77)(H,78,79)/t63?,64-,65-,66-/m1/s1. The Morgan fingerprint density at radius 2 is 0.539 bits per heavy atom. The molecule has 89 heavy (non-hydrogen) atoms. The van der Waals surface area contributed by atoms with E-state index in [0.29, 0.717) is 25.7 Å². The Morgan fingerprint density at radius 3 is 0.798 bits per heavy atom. The molecule has 0 aliphatic carbocycles. The average molecular weight is 1310 g/mol. The van der Waals surface area contributed by atoms with Crippen LogP contribution in [0.1, 0.15) is 344 Å². The van der Waals surface area contributed by atoms with E-state index in [4.69, 9.17) is 37.0 Å². The van der Waals surface area contributed by atoms with Crippen LogP contribution in [0.2, 0.25) is 0 Å². The van der Waals surface area contributed by atoms with Gasteiger partial charge in [-0.15, -0.1) is 0 Å². The predicted octanol–water partition coefficient (Wildman–Crippen LogP) is 19.7. The quantitative estimate of drug-likeness (QED) is 0.0222. The molecule has 3 N–H and O–H groups in total. The topological polar surface area (TPSA) is 237 Å². The highest BCUT2D eigenvalue weighted by Gasteiger charge is 2.30. The maximum absolute atomic E-state index is 13.0. The van der Waals surface area contributed by atoms with Crippen molar-refractivity contribution in [2.24, 2.45) is 23.7 Å². The van der Waals surface area contributed by atoms with E-state index in [-0.39, 0.29) is 25.7 Å². The van der Waals surface area contributed by atoms with Gasteiger partial charge in [0.2, 0.25) is 0 Å². The van der Waals surface area contributed by atoms with Crippen LogP contribution in [0, 0.1) is 23.7 Å². The van der Waals surface area contributed by atoms with Crippen molar-refractivity contribution in [1.29, 1.82) is 0 Å². The summed E-state index contributed by atoms with van der Waals surface area (Å²) in [5.41, 5.74) is 0. The summed E-state index contributed by atoms with van der Waals surface area (Å²) in [5.74, 6) is 0.860. The maximum atomic E-state index is 13.0. The summed E-state index contributed by atoms with van der Waals surface area (Å²) in [6.07, 6.45) is 41.7. The molecule has 0 amide bonds. The number of phosphoric ester groups is 2. The number of hydrogen-bond donors (Lipinski definition) is 3. The first kappa shape index (κ1) is 87.1. The Bertz CT molecular complexity index is 1770. The molecule has 0 spiro atoms. The second-order valence-corrected chi connectivity index (χ2v) is 29.8. The zero-order chi connectivity index (χ0) is 66.1. The molecule has 0 heterocycles. The summed E-state index contributed by atoms with van der Waals surface area (Å²) < 4.78 is 68.3. The third-order valence-electron chi connectivity index (χ3n) is 16.4. The van der Waals surface area contributed by atoms with Crippen molar-refractivity contribution >= 4 is 39.5 Å². The number of aliphatic hydroxyl groups excluding tert-OH is 1. The summed E-state index contributed by atoms with van der Waals surface area (Å²) in [4.78, 5) is 72.5. The van der Waals surface area contributed by atoms with Gasteiger partial charge in [-0.1, -0.05) is 293 Å². The molecule has 0 aromatic rings. The van der Waals surface area contributed by atoms with E-state index in [0.717, 1.165) is 120 Å². The van der Waals surface area contributed by atoms with E-state index < -0.39 is 97.5 Å². The lowest BCUT2D eigenvalue weighted by Crippen LogP contribution is -2.30. The summed E-state index contributed by atoms with van der Waals surface area (Å²) in [6.45, 7) is 14.1. The van der Waals surface area contributed by atoms with Gasteiger partial charge in [0.1, 0.15) is 19.3 Å².